The van der Waals surface area contributed by atoms with E-state index in [1.807, 2.05) is 12.1 Å². The number of nitrogens with zero attached hydrogens (tertiary/aromatic N) is 1. The lowest BCUT2D eigenvalue weighted by Gasteiger charge is -2.12. The second-order valence-corrected chi connectivity index (χ2v) is 6.84. The molecule has 1 atom stereocenters. The van der Waals surface area contributed by atoms with Crippen LogP contribution in [0.1, 0.15) is 0 Å². The van der Waals surface area contributed by atoms with E-state index < -0.39 is 16.0 Å². The molecular formula is C19H16N2O3S. The molecule has 0 aliphatic carbocycles. The second-order valence-electron chi connectivity index (χ2n) is 5.07. The van der Waals surface area contributed by atoms with Crippen molar-refractivity contribution in [3.63, 3.8) is 0 Å². The fourth-order valence-electron chi connectivity index (χ4n) is 2.10. The predicted octanol–water partition coefficient (Wildman–Crippen LogP) is 4.74. The predicted molar refractivity (Wildman–Crippen MR) is 97.8 cm³/mol. The van der Waals surface area contributed by atoms with E-state index in [0.717, 1.165) is 0 Å². The topological polar surface area (TPSA) is 67.8 Å². The van der Waals surface area contributed by atoms with Crippen LogP contribution in [0.5, 0.6) is 5.75 Å². The van der Waals surface area contributed by atoms with Gasteiger partial charge in [-0.1, -0.05) is 54.6 Å². The third-order valence-electron chi connectivity index (χ3n) is 3.22. The average Bonchev–Trinajstić information content (AvgIpc) is 2.64. The highest BCUT2D eigenvalue weighted by Gasteiger charge is 2.17. The summed E-state index contributed by atoms with van der Waals surface area (Å²) in [4.78, 5) is 12.6. The van der Waals surface area contributed by atoms with Crippen molar-refractivity contribution in [2.24, 2.45) is 4.36 Å². The van der Waals surface area contributed by atoms with Gasteiger partial charge in [-0.25, -0.2) is 9.00 Å². The normalized spacial score (nSPS) is 12.6. The van der Waals surface area contributed by atoms with Gasteiger partial charge in [0.25, 0.3) is 0 Å². The van der Waals surface area contributed by atoms with Crippen LogP contribution in [0.25, 0.3) is 0 Å². The van der Waals surface area contributed by atoms with Crippen LogP contribution in [0.15, 0.2) is 100 Å². The van der Waals surface area contributed by atoms with Gasteiger partial charge < -0.3 is 9.50 Å². The molecule has 0 saturated heterocycles. The van der Waals surface area contributed by atoms with E-state index in [9.17, 15) is 9.00 Å². The van der Waals surface area contributed by atoms with Crippen molar-refractivity contribution in [1.29, 1.82) is 0 Å². The number of hydrogen-bond acceptors (Lipinski definition) is 3. The van der Waals surface area contributed by atoms with Gasteiger partial charge in [0.05, 0.1) is 4.90 Å². The SMILES string of the molecule is O=C(N=S(=O)(Oc1ccccc1)c1ccccc1)Nc1ccccc1. The summed E-state index contributed by atoms with van der Waals surface area (Å²) >= 11 is 0. The molecule has 0 spiro atoms. The average molecular weight is 352 g/mol. The fourth-order valence-corrected chi connectivity index (χ4v) is 3.47. The van der Waals surface area contributed by atoms with Crippen LogP contribution in [0.4, 0.5) is 10.5 Å². The third kappa shape index (κ3) is 4.45. The van der Waals surface area contributed by atoms with E-state index in [-0.39, 0.29) is 0 Å². The van der Waals surface area contributed by atoms with Crippen molar-refractivity contribution in [1.82, 2.24) is 0 Å². The summed E-state index contributed by atoms with van der Waals surface area (Å²) in [5.74, 6) is 0.368. The molecule has 0 aromatic heterocycles. The summed E-state index contributed by atoms with van der Waals surface area (Å²) in [5, 5.41) is 2.59. The number of hydrogen-bond donors (Lipinski definition) is 1. The van der Waals surface area contributed by atoms with Crippen molar-refractivity contribution in [3.8, 4) is 5.75 Å². The zero-order valence-corrected chi connectivity index (χ0v) is 14.1. The van der Waals surface area contributed by atoms with E-state index in [2.05, 4.69) is 9.68 Å². The zero-order valence-electron chi connectivity index (χ0n) is 13.2. The first-order chi connectivity index (χ1) is 12.2. The molecule has 0 heterocycles. The van der Waals surface area contributed by atoms with Crippen LogP contribution in [0.2, 0.25) is 0 Å². The van der Waals surface area contributed by atoms with Crippen molar-refractivity contribution in [2.75, 3.05) is 5.32 Å². The maximum Gasteiger partial charge on any atom is 0.356 e. The van der Waals surface area contributed by atoms with Gasteiger partial charge in [-0.3, -0.25) is 0 Å². The zero-order chi connectivity index (χ0) is 17.5. The molecule has 25 heavy (non-hydrogen) atoms. The first kappa shape index (κ1) is 16.7. The Morgan fingerprint density at radius 3 is 1.92 bits per heavy atom. The number of rotatable bonds is 4. The number of nitrogens with one attached hydrogen (secondary N) is 1. The van der Waals surface area contributed by atoms with Gasteiger partial charge >= 0.3 is 6.03 Å². The standard InChI is InChI=1S/C19H16N2O3S/c22-19(20-16-10-4-1-5-11-16)21-25(23,18-14-8-3-9-15-18)24-17-12-6-2-7-13-17/h1-15H,(H,20,22). The summed E-state index contributed by atoms with van der Waals surface area (Å²) < 4.78 is 22.7. The Morgan fingerprint density at radius 2 is 1.32 bits per heavy atom. The molecular weight excluding hydrogens is 336 g/mol. The molecule has 3 aromatic carbocycles. The fraction of sp³-hybridized carbons (Fsp3) is 0. The first-order valence-electron chi connectivity index (χ1n) is 7.58. The van der Waals surface area contributed by atoms with Gasteiger partial charge in [0.2, 0.25) is 10.0 Å². The lowest BCUT2D eigenvalue weighted by Crippen LogP contribution is -2.15. The van der Waals surface area contributed by atoms with E-state index in [1.165, 1.54) is 0 Å². The van der Waals surface area contributed by atoms with Crippen LogP contribution in [0.3, 0.4) is 0 Å². The van der Waals surface area contributed by atoms with Crippen LogP contribution in [-0.4, -0.2) is 10.2 Å². The Morgan fingerprint density at radius 1 is 0.800 bits per heavy atom. The molecule has 0 aliphatic heterocycles. The first-order valence-corrected chi connectivity index (χ1v) is 9.02. The number of para-hydroxylation sites is 2. The number of benzene rings is 3. The summed E-state index contributed by atoms with van der Waals surface area (Å²) in [6.07, 6.45) is 0. The van der Waals surface area contributed by atoms with Crippen molar-refractivity contribution in [3.05, 3.63) is 91.0 Å². The highest BCUT2D eigenvalue weighted by molar-refractivity contribution is 7.89. The smallest absolute Gasteiger partial charge is 0.356 e. The quantitative estimate of drug-likeness (QED) is 0.737. The highest BCUT2D eigenvalue weighted by atomic mass is 32.2. The molecule has 0 aliphatic rings. The molecule has 0 bridgehead atoms. The maximum absolute atomic E-state index is 13.3. The van der Waals surface area contributed by atoms with E-state index in [1.54, 1.807) is 78.9 Å². The molecule has 0 fully saturated rings. The van der Waals surface area contributed by atoms with Crippen LogP contribution < -0.4 is 9.50 Å². The van der Waals surface area contributed by atoms with Crippen molar-refractivity contribution in [2.45, 2.75) is 4.90 Å². The monoisotopic (exact) mass is 352 g/mol. The minimum absolute atomic E-state index is 0.321. The Hall–Kier alpha value is -3.12. The lowest BCUT2D eigenvalue weighted by molar-refractivity contribution is 0.259. The molecule has 1 N–H and O–H groups in total. The molecule has 126 valence electrons. The summed E-state index contributed by atoms with van der Waals surface area (Å²) in [6.45, 7) is 0. The number of carbonyl (C=O) groups is 1. The van der Waals surface area contributed by atoms with E-state index >= 15 is 0 Å². The Bertz CT molecular complexity index is 952. The molecule has 3 rings (SSSR count). The van der Waals surface area contributed by atoms with Gasteiger partial charge in [0.15, 0.2) is 0 Å². The van der Waals surface area contributed by atoms with Crippen molar-refractivity contribution < 1.29 is 13.2 Å². The highest BCUT2D eigenvalue weighted by Crippen LogP contribution is 2.20. The molecule has 5 nitrogen and oxygen atoms in total. The summed E-state index contributed by atoms with van der Waals surface area (Å²) in [5.41, 5.74) is 0.561. The molecule has 0 saturated carbocycles. The molecule has 0 radical (unpaired) electrons. The van der Waals surface area contributed by atoms with Gasteiger partial charge in [-0.05, 0) is 36.4 Å². The van der Waals surface area contributed by atoms with Crippen LogP contribution >= 0.6 is 0 Å². The minimum atomic E-state index is -3.43. The molecule has 1 unspecified atom stereocenters. The lowest BCUT2D eigenvalue weighted by atomic mass is 10.3. The van der Waals surface area contributed by atoms with E-state index in [4.69, 9.17) is 4.18 Å². The Balaban J connectivity index is 1.96. The van der Waals surface area contributed by atoms with E-state index in [0.29, 0.717) is 16.3 Å². The molecule has 2 amide bonds. The second kappa shape index (κ2) is 7.63. The Kier molecular flexibility index (Phi) is 5.11. The minimum Gasteiger partial charge on any atom is -0.392 e. The van der Waals surface area contributed by atoms with Gasteiger partial charge in [-0.2, -0.15) is 0 Å². The van der Waals surface area contributed by atoms with Crippen molar-refractivity contribution >= 4 is 21.7 Å². The number of amides is 2. The molecule has 6 heteroatoms. The van der Waals surface area contributed by atoms with Gasteiger partial charge in [0, 0.05) is 5.69 Å². The summed E-state index contributed by atoms with van der Waals surface area (Å²) in [7, 11) is -3.43. The molecule has 3 aromatic rings. The largest absolute Gasteiger partial charge is 0.392 e. The van der Waals surface area contributed by atoms with Gasteiger partial charge in [0.1, 0.15) is 5.75 Å². The number of anilines is 1. The van der Waals surface area contributed by atoms with Crippen LogP contribution in [-0.2, 0) is 10.0 Å². The third-order valence-corrected chi connectivity index (χ3v) is 4.91. The van der Waals surface area contributed by atoms with Crippen LogP contribution in [0, 0.1) is 0 Å². The number of urea groups is 1. The maximum atomic E-state index is 13.3. The number of carbonyl (C=O) groups excluding carboxylic acids is 1. The van der Waals surface area contributed by atoms with Gasteiger partial charge in [-0.15, -0.1) is 4.36 Å². The Labute approximate surface area is 146 Å². The summed E-state index contributed by atoms with van der Waals surface area (Å²) in [6, 6.07) is 25.2.